The van der Waals surface area contributed by atoms with Crippen molar-refractivity contribution in [1.29, 1.82) is 0 Å². The monoisotopic (exact) mass is 207 g/mol. The van der Waals surface area contributed by atoms with Crippen molar-refractivity contribution in [1.82, 2.24) is 5.32 Å². The van der Waals surface area contributed by atoms with E-state index in [0.29, 0.717) is 0 Å². The molecule has 1 aliphatic heterocycles. The summed E-state index contributed by atoms with van der Waals surface area (Å²) in [7, 11) is 0. The Kier molecular flexibility index (Phi) is 2.54. The standard InChI is InChI=1S/C14H25N/c1-2-6-13(7-3-1)8-4-5-9-14(13)10-11-15-12-14/h15H,1-12H2. The zero-order chi connectivity index (χ0) is 10.2. The summed E-state index contributed by atoms with van der Waals surface area (Å²) in [6.07, 6.45) is 15.2. The Balaban J connectivity index is 1.88. The Morgan fingerprint density at radius 2 is 1.20 bits per heavy atom. The topological polar surface area (TPSA) is 12.0 Å². The first kappa shape index (κ1) is 10.1. The van der Waals surface area contributed by atoms with Crippen molar-refractivity contribution in [3.63, 3.8) is 0 Å². The van der Waals surface area contributed by atoms with E-state index < -0.39 is 0 Å². The third-order valence-electron chi connectivity index (χ3n) is 5.74. The van der Waals surface area contributed by atoms with Crippen LogP contribution in [0.2, 0.25) is 0 Å². The summed E-state index contributed by atoms with van der Waals surface area (Å²) in [4.78, 5) is 0. The molecule has 2 aliphatic carbocycles. The number of hydrogen-bond donors (Lipinski definition) is 1. The predicted octanol–water partition coefficient (Wildman–Crippen LogP) is 3.49. The highest BCUT2D eigenvalue weighted by Crippen LogP contribution is 2.60. The second kappa shape index (κ2) is 3.76. The Morgan fingerprint density at radius 3 is 1.80 bits per heavy atom. The van der Waals surface area contributed by atoms with Gasteiger partial charge in [-0.25, -0.2) is 0 Å². The van der Waals surface area contributed by atoms with E-state index in [4.69, 9.17) is 0 Å². The largest absolute Gasteiger partial charge is 0.316 e. The summed E-state index contributed by atoms with van der Waals surface area (Å²) in [6, 6.07) is 0. The van der Waals surface area contributed by atoms with Gasteiger partial charge >= 0.3 is 0 Å². The van der Waals surface area contributed by atoms with Crippen molar-refractivity contribution >= 4 is 0 Å². The molecule has 86 valence electrons. The summed E-state index contributed by atoms with van der Waals surface area (Å²) in [5.41, 5.74) is 1.50. The first-order valence-corrected chi connectivity index (χ1v) is 7.08. The molecule has 1 heteroatoms. The molecule has 3 aliphatic rings. The van der Waals surface area contributed by atoms with Crippen LogP contribution in [-0.2, 0) is 0 Å². The molecule has 0 bridgehead atoms. The molecule has 1 N–H and O–H groups in total. The molecule has 0 aromatic carbocycles. The molecule has 1 nitrogen and oxygen atoms in total. The summed E-state index contributed by atoms with van der Waals surface area (Å²) in [5.74, 6) is 0. The van der Waals surface area contributed by atoms with E-state index in [-0.39, 0.29) is 0 Å². The lowest BCUT2D eigenvalue weighted by atomic mass is 9.50. The van der Waals surface area contributed by atoms with Gasteiger partial charge in [-0.1, -0.05) is 32.1 Å². The molecular weight excluding hydrogens is 182 g/mol. The first-order valence-electron chi connectivity index (χ1n) is 7.08. The van der Waals surface area contributed by atoms with Crippen LogP contribution in [0.1, 0.15) is 64.2 Å². The van der Waals surface area contributed by atoms with Crippen molar-refractivity contribution in [2.45, 2.75) is 64.2 Å². The SMILES string of the molecule is C1CCC2(CC1)CCCCC21CCNC1. The lowest BCUT2D eigenvalue weighted by Crippen LogP contribution is -2.47. The highest BCUT2D eigenvalue weighted by atomic mass is 14.9. The normalized spacial score (nSPS) is 40.0. The van der Waals surface area contributed by atoms with Crippen LogP contribution in [0, 0.1) is 10.8 Å². The van der Waals surface area contributed by atoms with E-state index in [9.17, 15) is 0 Å². The van der Waals surface area contributed by atoms with Crippen LogP contribution in [0.25, 0.3) is 0 Å². The van der Waals surface area contributed by atoms with Gasteiger partial charge < -0.3 is 5.32 Å². The lowest BCUT2D eigenvalue weighted by Gasteiger charge is -2.54. The highest BCUT2D eigenvalue weighted by Gasteiger charge is 2.53. The van der Waals surface area contributed by atoms with Gasteiger partial charge in [-0.3, -0.25) is 0 Å². The quantitative estimate of drug-likeness (QED) is 0.641. The average molecular weight is 207 g/mol. The van der Waals surface area contributed by atoms with E-state index in [2.05, 4.69) is 5.32 Å². The third-order valence-corrected chi connectivity index (χ3v) is 5.74. The predicted molar refractivity (Wildman–Crippen MR) is 63.9 cm³/mol. The van der Waals surface area contributed by atoms with Gasteiger partial charge in [0.2, 0.25) is 0 Å². The van der Waals surface area contributed by atoms with Gasteiger partial charge in [0.15, 0.2) is 0 Å². The number of rotatable bonds is 0. The van der Waals surface area contributed by atoms with E-state index >= 15 is 0 Å². The van der Waals surface area contributed by atoms with Crippen LogP contribution in [-0.4, -0.2) is 13.1 Å². The van der Waals surface area contributed by atoms with E-state index in [1.165, 1.54) is 58.0 Å². The molecule has 3 fully saturated rings. The Hall–Kier alpha value is -0.0400. The van der Waals surface area contributed by atoms with Crippen molar-refractivity contribution < 1.29 is 0 Å². The molecule has 1 heterocycles. The summed E-state index contributed by atoms with van der Waals surface area (Å²) in [6.45, 7) is 2.63. The van der Waals surface area contributed by atoms with Crippen LogP contribution in [0.4, 0.5) is 0 Å². The molecule has 1 unspecified atom stereocenters. The van der Waals surface area contributed by atoms with Crippen LogP contribution in [0.3, 0.4) is 0 Å². The second-order valence-electron chi connectivity index (χ2n) is 6.26. The van der Waals surface area contributed by atoms with Crippen LogP contribution in [0.15, 0.2) is 0 Å². The minimum absolute atomic E-state index is 0.728. The molecule has 0 amide bonds. The minimum atomic E-state index is 0.728. The molecular formula is C14H25N. The molecule has 15 heavy (non-hydrogen) atoms. The molecule has 0 radical (unpaired) electrons. The molecule has 0 aromatic heterocycles. The molecule has 2 spiro atoms. The fraction of sp³-hybridized carbons (Fsp3) is 1.00. The summed E-state index contributed by atoms with van der Waals surface area (Å²) >= 11 is 0. The van der Waals surface area contributed by atoms with Crippen molar-refractivity contribution in [3.8, 4) is 0 Å². The number of nitrogens with one attached hydrogen (secondary N) is 1. The average Bonchev–Trinajstić information content (AvgIpc) is 2.75. The van der Waals surface area contributed by atoms with Crippen LogP contribution in [0.5, 0.6) is 0 Å². The lowest BCUT2D eigenvalue weighted by molar-refractivity contribution is -0.0313. The van der Waals surface area contributed by atoms with Gasteiger partial charge in [-0.05, 0) is 49.5 Å². The van der Waals surface area contributed by atoms with Gasteiger partial charge in [0.05, 0.1) is 0 Å². The summed E-state index contributed by atoms with van der Waals surface area (Å²) < 4.78 is 0. The van der Waals surface area contributed by atoms with Crippen molar-refractivity contribution in [3.05, 3.63) is 0 Å². The van der Waals surface area contributed by atoms with Crippen molar-refractivity contribution in [2.75, 3.05) is 13.1 Å². The Bertz CT molecular complexity index is 213. The maximum absolute atomic E-state index is 3.65. The van der Waals surface area contributed by atoms with Gasteiger partial charge in [0.1, 0.15) is 0 Å². The molecule has 0 aromatic rings. The third kappa shape index (κ3) is 1.46. The Labute approximate surface area is 94.0 Å². The first-order chi connectivity index (χ1) is 7.37. The molecule has 3 rings (SSSR count). The van der Waals surface area contributed by atoms with E-state index in [1.807, 2.05) is 0 Å². The zero-order valence-corrected chi connectivity index (χ0v) is 9.99. The molecule has 1 saturated heterocycles. The maximum Gasteiger partial charge on any atom is 0.00136 e. The van der Waals surface area contributed by atoms with Gasteiger partial charge in [0, 0.05) is 6.54 Å². The van der Waals surface area contributed by atoms with Crippen molar-refractivity contribution in [2.24, 2.45) is 10.8 Å². The number of fused-ring (bicyclic) bond motifs is 1. The minimum Gasteiger partial charge on any atom is -0.316 e. The molecule has 2 saturated carbocycles. The number of hydrogen-bond acceptors (Lipinski definition) is 1. The fourth-order valence-electron chi connectivity index (χ4n) is 4.88. The molecule has 1 atom stereocenters. The van der Waals surface area contributed by atoms with Crippen LogP contribution < -0.4 is 5.32 Å². The van der Waals surface area contributed by atoms with Crippen LogP contribution >= 0.6 is 0 Å². The smallest absolute Gasteiger partial charge is 0.00136 e. The fourth-order valence-corrected chi connectivity index (χ4v) is 4.88. The second-order valence-corrected chi connectivity index (χ2v) is 6.26. The summed E-state index contributed by atoms with van der Waals surface area (Å²) in [5, 5.41) is 3.65. The zero-order valence-electron chi connectivity index (χ0n) is 9.99. The maximum atomic E-state index is 3.65. The Morgan fingerprint density at radius 1 is 0.600 bits per heavy atom. The van der Waals surface area contributed by atoms with Gasteiger partial charge in [-0.15, -0.1) is 0 Å². The van der Waals surface area contributed by atoms with E-state index in [0.717, 1.165) is 10.8 Å². The van der Waals surface area contributed by atoms with Gasteiger partial charge in [-0.2, -0.15) is 0 Å². The van der Waals surface area contributed by atoms with E-state index in [1.54, 1.807) is 19.3 Å². The van der Waals surface area contributed by atoms with Gasteiger partial charge in [0.25, 0.3) is 0 Å². The highest BCUT2D eigenvalue weighted by molar-refractivity contribution is 5.05.